The molecule has 1 saturated carbocycles. The van der Waals surface area contributed by atoms with Gasteiger partial charge in [-0.15, -0.1) is 0 Å². The van der Waals surface area contributed by atoms with E-state index in [1.165, 1.54) is 0 Å². The number of ether oxygens (including phenoxy) is 2. The molecule has 0 spiro atoms. The molecule has 1 aliphatic carbocycles. The molecule has 2 aliphatic rings. The highest BCUT2D eigenvalue weighted by atomic mass is 16.5. The van der Waals surface area contributed by atoms with Crippen LogP contribution in [-0.4, -0.2) is 37.5 Å². The lowest BCUT2D eigenvalue weighted by molar-refractivity contribution is -0.0440. The molecule has 3 unspecified atom stereocenters. The van der Waals surface area contributed by atoms with Crippen molar-refractivity contribution in [1.29, 1.82) is 5.26 Å². The van der Waals surface area contributed by atoms with Gasteiger partial charge in [0.25, 0.3) is 0 Å². The van der Waals surface area contributed by atoms with Crippen LogP contribution in [0.3, 0.4) is 0 Å². The highest BCUT2D eigenvalue weighted by molar-refractivity contribution is 5.10. The zero-order valence-electron chi connectivity index (χ0n) is 11.3. The second-order valence-electron chi connectivity index (χ2n) is 5.46. The molecular formula is C14H24N2O2. The van der Waals surface area contributed by atoms with Crippen molar-refractivity contribution in [2.75, 3.05) is 19.8 Å². The molecule has 2 rings (SSSR count). The molecule has 4 nitrogen and oxygen atoms in total. The zero-order chi connectivity index (χ0) is 12.8. The van der Waals surface area contributed by atoms with Gasteiger partial charge in [0, 0.05) is 13.0 Å². The van der Waals surface area contributed by atoms with E-state index in [1.54, 1.807) is 0 Å². The van der Waals surface area contributed by atoms with Gasteiger partial charge in [0.2, 0.25) is 0 Å². The van der Waals surface area contributed by atoms with Crippen molar-refractivity contribution in [3.63, 3.8) is 0 Å². The molecule has 2 fully saturated rings. The SMILES string of the molecule is CCCNC1(C#N)CCCC(OC2CCOC2)C1. The summed E-state index contributed by atoms with van der Waals surface area (Å²) in [5.74, 6) is 0. The Labute approximate surface area is 110 Å². The average Bonchev–Trinajstić information content (AvgIpc) is 2.90. The Kier molecular flexibility index (Phi) is 4.99. The minimum atomic E-state index is -0.363. The molecule has 1 saturated heterocycles. The first-order chi connectivity index (χ1) is 8.78. The molecule has 18 heavy (non-hydrogen) atoms. The van der Waals surface area contributed by atoms with Crippen molar-refractivity contribution in [2.45, 2.75) is 63.2 Å². The summed E-state index contributed by atoms with van der Waals surface area (Å²) in [4.78, 5) is 0. The Balaban J connectivity index is 1.87. The van der Waals surface area contributed by atoms with Crippen LogP contribution in [0.5, 0.6) is 0 Å². The number of nitrogens with one attached hydrogen (secondary N) is 1. The maximum Gasteiger partial charge on any atom is 0.109 e. The van der Waals surface area contributed by atoms with Gasteiger partial charge < -0.3 is 9.47 Å². The van der Waals surface area contributed by atoms with Crippen molar-refractivity contribution in [3.05, 3.63) is 0 Å². The quantitative estimate of drug-likeness (QED) is 0.813. The van der Waals surface area contributed by atoms with Crippen LogP contribution in [0.25, 0.3) is 0 Å². The summed E-state index contributed by atoms with van der Waals surface area (Å²) in [6, 6.07) is 2.48. The van der Waals surface area contributed by atoms with Gasteiger partial charge in [-0.05, 0) is 38.6 Å². The average molecular weight is 252 g/mol. The fourth-order valence-corrected chi connectivity index (χ4v) is 2.90. The highest BCUT2D eigenvalue weighted by Crippen LogP contribution is 2.31. The molecular weight excluding hydrogens is 228 g/mol. The van der Waals surface area contributed by atoms with Crippen molar-refractivity contribution < 1.29 is 9.47 Å². The fraction of sp³-hybridized carbons (Fsp3) is 0.929. The summed E-state index contributed by atoms with van der Waals surface area (Å²) in [5, 5.41) is 12.9. The van der Waals surface area contributed by atoms with E-state index >= 15 is 0 Å². The lowest BCUT2D eigenvalue weighted by Gasteiger charge is -2.37. The minimum Gasteiger partial charge on any atom is -0.379 e. The second-order valence-corrected chi connectivity index (χ2v) is 5.46. The van der Waals surface area contributed by atoms with Gasteiger partial charge in [-0.2, -0.15) is 5.26 Å². The van der Waals surface area contributed by atoms with E-state index < -0.39 is 0 Å². The van der Waals surface area contributed by atoms with Crippen molar-refractivity contribution in [2.24, 2.45) is 0 Å². The first kappa shape index (κ1) is 13.8. The number of nitriles is 1. The molecule has 102 valence electrons. The summed E-state index contributed by atoms with van der Waals surface area (Å²) in [6.45, 7) is 4.57. The van der Waals surface area contributed by atoms with Gasteiger partial charge in [0.1, 0.15) is 5.54 Å². The number of hydrogen-bond acceptors (Lipinski definition) is 4. The first-order valence-electron chi connectivity index (χ1n) is 7.17. The van der Waals surface area contributed by atoms with E-state index in [0.29, 0.717) is 0 Å². The Morgan fingerprint density at radius 3 is 3.00 bits per heavy atom. The van der Waals surface area contributed by atoms with Crippen LogP contribution in [0.4, 0.5) is 0 Å². The number of hydrogen-bond donors (Lipinski definition) is 1. The Hall–Kier alpha value is -0.630. The molecule has 1 heterocycles. The van der Waals surface area contributed by atoms with Crippen LogP contribution in [0, 0.1) is 11.3 Å². The van der Waals surface area contributed by atoms with Crippen molar-refractivity contribution >= 4 is 0 Å². The molecule has 0 amide bonds. The van der Waals surface area contributed by atoms with Gasteiger partial charge in [0.05, 0.1) is 24.9 Å². The van der Waals surface area contributed by atoms with Gasteiger partial charge >= 0.3 is 0 Å². The van der Waals surface area contributed by atoms with E-state index in [2.05, 4.69) is 18.3 Å². The largest absolute Gasteiger partial charge is 0.379 e. The Morgan fingerprint density at radius 1 is 1.44 bits per heavy atom. The molecule has 4 heteroatoms. The summed E-state index contributed by atoms with van der Waals surface area (Å²) >= 11 is 0. The monoisotopic (exact) mass is 252 g/mol. The second kappa shape index (κ2) is 6.51. The molecule has 1 N–H and O–H groups in total. The van der Waals surface area contributed by atoms with Crippen molar-refractivity contribution in [3.8, 4) is 6.07 Å². The third kappa shape index (κ3) is 3.44. The van der Waals surface area contributed by atoms with Crippen LogP contribution in [0.2, 0.25) is 0 Å². The van der Waals surface area contributed by atoms with Gasteiger partial charge in [0.15, 0.2) is 0 Å². The third-order valence-corrected chi connectivity index (χ3v) is 3.91. The van der Waals surface area contributed by atoms with E-state index in [9.17, 15) is 5.26 Å². The lowest BCUT2D eigenvalue weighted by atomic mass is 9.81. The minimum absolute atomic E-state index is 0.217. The first-order valence-corrected chi connectivity index (χ1v) is 7.17. The van der Waals surface area contributed by atoms with E-state index in [-0.39, 0.29) is 17.7 Å². The molecule has 0 bridgehead atoms. The highest BCUT2D eigenvalue weighted by Gasteiger charge is 2.37. The molecule has 0 aromatic carbocycles. The number of rotatable bonds is 5. The summed E-state index contributed by atoms with van der Waals surface area (Å²) < 4.78 is 11.4. The van der Waals surface area contributed by atoms with Gasteiger partial charge in [-0.1, -0.05) is 6.92 Å². The molecule has 0 aromatic heterocycles. The van der Waals surface area contributed by atoms with Crippen LogP contribution in [0.15, 0.2) is 0 Å². The topological polar surface area (TPSA) is 54.3 Å². The predicted octanol–water partition coefficient (Wildman–Crippen LogP) is 2.00. The molecule has 0 radical (unpaired) electrons. The predicted molar refractivity (Wildman–Crippen MR) is 69.2 cm³/mol. The van der Waals surface area contributed by atoms with Crippen molar-refractivity contribution in [1.82, 2.24) is 5.32 Å². The normalized spacial score (nSPS) is 36.4. The van der Waals surface area contributed by atoms with Crippen LogP contribution < -0.4 is 5.32 Å². The van der Waals surface area contributed by atoms with Crippen LogP contribution in [0.1, 0.15) is 45.4 Å². The zero-order valence-corrected chi connectivity index (χ0v) is 11.3. The lowest BCUT2D eigenvalue weighted by Crippen LogP contribution is -2.50. The van der Waals surface area contributed by atoms with Crippen LogP contribution in [-0.2, 0) is 9.47 Å². The molecule has 3 atom stereocenters. The summed E-state index contributed by atoms with van der Waals surface area (Å²) in [5.41, 5.74) is -0.363. The maximum atomic E-state index is 9.45. The van der Waals surface area contributed by atoms with Gasteiger partial charge in [-0.25, -0.2) is 0 Å². The maximum absolute atomic E-state index is 9.45. The summed E-state index contributed by atoms with van der Waals surface area (Å²) in [7, 11) is 0. The summed E-state index contributed by atoms with van der Waals surface area (Å²) in [6.07, 6.45) is 6.44. The smallest absolute Gasteiger partial charge is 0.109 e. The Morgan fingerprint density at radius 2 is 2.33 bits per heavy atom. The Bertz CT molecular complexity index is 297. The molecule has 0 aromatic rings. The fourth-order valence-electron chi connectivity index (χ4n) is 2.90. The van der Waals surface area contributed by atoms with Crippen LogP contribution >= 0.6 is 0 Å². The van der Waals surface area contributed by atoms with Gasteiger partial charge in [-0.3, -0.25) is 5.32 Å². The number of nitrogens with zero attached hydrogens (tertiary/aromatic N) is 1. The molecule has 1 aliphatic heterocycles. The van der Waals surface area contributed by atoms with E-state index in [4.69, 9.17) is 9.47 Å². The van der Waals surface area contributed by atoms with E-state index in [1.807, 2.05) is 0 Å². The third-order valence-electron chi connectivity index (χ3n) is 3.91. The standard InChI is InChI=1S/C14H24N2O2/c1-2-7-16-14(11-15)6-3-4-12(9-14)18-13-5-8-17-10-13/h12-13,16H,2-10H2,1H3. The van der Waals surface area contributed by atoms with E-state index in [0.717, 1.165) is 58.3 Å².